The van der Waals surface area contributed by atoms with Crippen LogP contribution >= 0.6 is 0 Å². The van der Waals surface area contributed by atoms with Gasteiger partial charge in [-0.2, -0.15) is 10.2 Å². The van der Waals surface area contributed by atoms with Gasteiger partial charge in [0, 0.05) is 32.4 Å². The van der Waals surface area contributed by atoms with Crippen LogP contribution in [0.5, 0.6) is 0 Å². The number of fused-ring (bicyclic) bond motifs is 3. The minimum absolute atomic E-state index is 0.124. The fourth-order valence-corrected chi connectivity index (χ4v) is 3.39. The Bertz CT molecular complexity index is 1230. The third kappa shape index (κ3) is 3.19. The van der Waals surface area contributed by atoms with Crippen LogP contribution in [-0.2, 0) is 24.9 Å². The van der Waals surface area contributed by atoms with Gasteiger partial charge in [0.1, 0.15) is 17.8 Å². The quantitative estimate of drug-likeness (QED) is 0.510. The van der Waals surface area contributed by atoms with Gasteiger partial charge in [0.25, 0.3) is 5.56 Å². The van der Waals surface area contributed by atoms with Gasteiger partial charge in [-0.3, -0.25) is 14.3 Å². The van der Waals surface area contributed by atoms with Crippen molar-refractivity contribution in [2.75, 3.05) is 6.54 Å². The van der Waals surface area contributed by atoms with Crippen LogP contribution < -0.4 is 10.9 Å². The van der Waals surface area contributed by atoms with E-state index in [4.69, 9.17) is 4.42 Å². The summed E-state index contributed by atoms with van der Waals surface area (Å²) in [7, 11) is 1.81. The average Bonchev–Trinajstić information content (AvgIpc) is 3.31. The molecule has 0 saturated carbocycles. The second-order valence-electron chi connectivity index (χ2n) is 6.92. The first kappa shape index (κ1) is 18.0. The van der Waals surface area contributed by atoms with Crippen LogP contribution in [0.15, 0.2) is 33.7 Å². The van der Waals surface area contributed by atoms with Crippen molar-refractivity contribution in [2.24, 2.45) is 7.05 Å². The molecule has 9 heteroatoms. The second kappa shape index (κ2) is 6.99. The van der Waals surface area contributed by atoms with Crippen LogP contribution in [0.25, 0.3) is 22.0 Å². The Morgan fingerprint density at radius 2 is 2.14 bits per heavy atom. The molecule has 0 aliphatic rings. The molecule has 0 spiro atoms. The van der Waals surface area contributed by atoms with Gasteiger partial charge in [-0.25, -0.2) is 4.68 Å². The van der Waals surface area contributed by atoms with Gasteiger partial charge in [0.2, 0.25) is 5.91 Å². The average molecular weight is 382 g/mol. The Morgan fingerprint density at radius 3 is 2.89 bits per heavy atom. The van der Waals surface area contributed by atoms with Gasteiger partial charge in [-0.1, -0.05) is 0 Å². The van der Waals surface area contributed by atoms with Crippen molar-refractivity contribution in [3.8, 4) is 0 Å². The summed E-state index contributed by atoms with van der Waals surface area (Å²) >= 11 is 0. The first-order chi connectivity index (χ1) is 13.4. The molecule has 0 unspecified atom stereocenters. The molecule has 0 aliphatic heterocycles. The van der Waals surface area contributed by atoms with Crippen LogP contribution in [0.3, 0.4) is 0 Å². The molecule has 0 fully saturated rings. The molecule has 4 aromatic rings. The van der Waals surface area contributed by atoms with E-state index >= 15 is 0 Å². The number of hydrogen-bond acceptors (Lipinski definition) is 5. The van der Waals surface area contributed by atoms with E-state index in [0.717, 1.165) is 29.9 Å². The standard InChI is InChI=1S/C19H22N6O3/c1-12-5-8-24(22-12)7-4-6-20-16(26)11-25-19(27)17-14(10-21-25)18-15(23(17)3)9-13(2)28-18/h5,8-10H,4,6-7,11H2,1-3H3,(H,20,26). The van der Waals surface area contributed by atoms with E-state index in [9.17, 15) is 9.59 Å². The Morgan fingerprint density at radius 1 is 1.32 bits per heavy atom. The van der Waals surface area contributed by atoms with Crippen molar-refractivity contribution >= 4 is 27.9 Å². The van der Waals surface area contributed by atoms with Gasteiger partial charge in [-0.05, 0) is 26.3 Å². The fraction of sp³-hybridized carbons (Fsp3) is 0.368. The highest BCUT2D eigenvalue weighted by Crippen LogP contribution is 2.27. The number of hydrogen-bond donors (Lipinski definition) is 1. The summed E-state index contributed by atoms with van der Waals surface area (Å²) in [6.45, 7) is 4.90. The van der Waals surface area contributed by atoms with E-state index in [1.807, 2.05) is 43.9 Å². The predicted molar refractivity (Wildman–Crippen MR) is 104 cm³/mol. The molecule has 0 aliphatic carbocycles. The molecule has 146 valence electrons. The molecule has 28 heavy (non-hydrogen) atoms. The molecule has 0 atom stereocenters. The normalized spacial score (nSPS) is 11.5. The van der Waals surface area contributed by atoms with Crippen LogP contribution in [0.2, 0.25) is 0 Å². The third-order valence-corrected chi connectivity index (χ3v) is 4.75. The van der Waals surface area contributed by atoms with E-state index in [1.54, 1.807) is 10.8 Å². The highest BCUT2D eigenvalue weighted by atomic mass is 16.3. The number of aromatic nitrogens is 5. The number of furan rings is 1. The van der Waals surface area contributed by atoms with E-state index in [0.29, 0.717) is 23.0 Å². The third-order valence-electron chi connectivity index (χ3n) is 4.75. The lowest BCUT2D eigenvalue weighted by molar-refractivity contribution is -0.121. The summed E-state index contributed by atoms with van der Waals surface area (Å²) in [6.07, 6.45) is 4.24. The van der Waals surface area contributed by atoms with Crippen molar-refractivity contribution < 1.29 is 9.21 Å². The van der Waals surface area contributed by atoms with E-state index in [2.05, 4.69) is 15.5 Å². The Hall–Kier alpha value is -3.36. The van der Waals surface area contributed by atoms with Crippen molar-refractivity contribution in [2.45, 2.75) is 33.4 Å². The van der Waals surface area contributed by atoms with Crippen LogP contribution in [-0.4, -0.2) is 36.6 Å². The lowest BCUT2D eigenvalue weighted by Gasteiger charge is -2.07. The van der Waals surface area contributed by atoms with Crippen LogP contribution in [0.1, 0.15) is 17.9 Å². The largest absolute Gasteiger partial charge is 0.459 e. The topological polar surface area (TPSA) is 99.9 Å². The molecule has 1 amide bonds. The van der Waals surface area contributed by atoms with Gasteiger partial charge < -0.3 is 14.3 Å². The Labute approximate surface area is 160 Å². The number of aryl methyl sites for hydroxylation is 4. The zero-order valence-corrected chi connectivity index (χ0v) is 16.1. The first-order valence-electron chi connectivity index (χ1n) is 9.15. The Balaban J connectivity index is 1.44. The maximum Gasteiger partial charge on any atom is 0.291 e. The number of nitrogens with zero attached hydrogens (tertiary/aromatic N) is 5. The summed E-state index contributed by atoms with van der Waals surface area (Å²) < 4.78 is 10.5. The van der Waals surface area contributed by atoms with Gasteiger partial charge in [0.05, 0.1) is 22.8 Å². The van der Waals surface area contributed by atoms with E-state index < -0.39 is 0 Å². The number of amides is 1. The molecule has 4 aromatic heterocycles. The molecule has 0 bridgehead atoms. The van der Waals surface area contributed by atoms with Crippen LogP contribution in [0, 0.1) is 13.8 Å². The zero-order chi connectivity index (χ0) is 19.8. The maximum atomic E-state index is 12.8. The molecule has 4 heterocycles. The maximum absolute atomic E-state index is 12.8. The van der Waals surface area contributed by atoms with Crippen molar-refractivity contribution in [1.82, 2.24) is 29.4 Å². The number of carbonyl (C=O) groups is 1. The minimum Gasteiger partial charge on any atom is -0.459 e. The first-order valence-corrected chi connectivity index (χ1v) is 9.15. The fourth-order valence-electron chi connectivity index (χ4n) is 3.39. The summed E-state index contributed by atoms with van der Waals surface area (Å²) in [5.41, 5.74) is 2.61. The van der Waals surface area contributed by atoms with Gasteiger partial charge in [-0.15, -0.1) is 0 Å². The molecule has 0 aromatic carbocycles. The highest BCUT2D eigenvalue weighted by molar-refractivity contribution is 6.04. The molecule has 9 nitrogen and oxygen atoms in total. The van der Waals surface area contributed by atoms with Crippen molar-refractivity contribution in [3.05, 3.63) is 46.3 Å². The Kier molecular flexibility index (Phi) is 4.50. The number of nitrogens with one attached hydrogen (secondary N) is 1. The lowest BCUT2D eigenvalue weighted by atomic mass is 10.3. The monoisotopic (exact) mass is 382 g/mol. The molecular weight excluding hydrogens is 360 g/mol. The summed E-state index contributed by atoms with van der Waals surface area (Å²) in [6, 6.07) is 3.82. The van der Waals surface area contributed by atoms with Crippen molar-refractivity contribution in [1.29, 1.82) is 0 Å². The van der Waals surface area contributed by atoms with Gasteiger partial charge in [0.15, 0.2) is 5.58 Å². The smallest absolute Gasteiger partial charge is 0.291 e. The van der Waals surface area contributed by atoms with Crippen molar-refractivity contribution in [3.63, 3.8) is 0 Å². The summed E-state index contributed by atoms with van der Waals surface area (Å²) in [5, 5.41) is 11.9. The molecule has 0 saturated heterocycles. The molecular formula is C19H22N6O3. The number of carbonyl (C=O) groups excluding carboxylic acids is 1. The van der Waals surface area contributed by atoms with Gasteiger partial charge >= 0.3 is 0 Å². The SMILES string of the molecule is Cc1ccn(CCCNC(=O)Cn2ncc3c4oc(C)cc4n(C)c3c2=O)n1. The summed E-state index contributed by atoms with van der Waals surface area (Å²) in [4.78, 5) is 25.0. The molecule has 4 rings (SSSR count). The molecule has 0 radical (unpaired) electrons. The van der Waals surface area contributed by atoms with E-state index in [-0.39, 0.29) is 18.0 Å². The highest BCUT2D eigenvalue weighted by Gasteiger charge is 2.18. The zero-order valence-electron chi connectivity index (χ0n) is 16.1. The minimum atomic E-state index is -0.314. The van der Waals surface area contributed by atoms with Crippen LogP contribution in [0.4, 0.5) is 0 Å². The molecule has 1 N–H and O–H groups in total. The number of rotatable bonds is 6. The lowest BCUT2D eigenvalue weighted by Crippen LogP contribution is -2.34. The summed E-state index contributed by atoms with van der Waals surface area (Å²) in [5.74, 6) is 0.524. The predicted octanol–water partition coefficient (Wildman–Crippen LogP) is 1.50. The second-order valence-corrected chi connectivity index (χ2v) is 6.92. The van der Waals surface area contributed by atoms with E-state index in [1.165, 1.54) is 4.68 Å².